The number of aromatic nitrogens is 2. The van der Waals surface area contributed by atoms with E-state index >= 15 is 0 Å². The number of halogens is 2. The smallest absolute Gasteiger partial charge is 0.289 e. The number of para-hydroxylation sites is 1. The van der Waals surface area contributed by atoms with Crippen molar-refractivity contribution in [2.75, 3.05) is 6.61 Å². The van der Waals surface area contributed by atoms with Crippen molar-refractivity contribution in [1.29, 1.82) is 0 Å². The lowest BCUT2D eigenvalue weighted by atomic mass is 10.1. The number of ether oxygens (including phenoxy) is 1. The van der Waals surface area contributed by atoms with Gasteiger partial charge in [-0.2, -0.15) is 10.2 Å². The third-order valence-electron chi connectivity index (χ3n) is 3.64. The van der Waals surface area contributed by atoms with Crippen LogP contribution in [0.1, 0.15) is 23.0 Å². The monoisotopic (exact) mass is 402 g/mol. The van der Waals surface area contributed by atoms with Gasteiger partial charge in [-0.15, -0.1) is 0 Å². The van der Waals surface area contributed by atoms with Gasteiger partial charge in [0.25, 0.3) is 5.91 Å². The van der Waals surface area contributed by atoms with E-state index in [1.165, 1.54) is 6.21 Å². The van der Waals surface area contributed by atoms with Gasteiger partial charge in [0.2, 0.25) is 0 Å². The summed E-state index contributed by atoms with van der Waals surface area (Å²) in [7, 11) is 0. The van der Waals surface area contributed by atoms with Gasteiger partial charge in [0.05, 0.1) is 28.6 Å². The van der Waals surface area contributed by atoms with Crippen molar-refractivity contribution in [2.24, 2.45) is 5.10 Å². The summed E-state index contributed by atoms with van der Waals surface area (Å²) in [5, 5.41) is 11.7. The first-order valence-corrected chi connectivity index (χ1v) is 8.90. The summed E-state index contributed by atoms with van der Waals surface area (Å²) in [4.78, 5) is 12.3. The normalized spacial score (nSPS) is 10.9. The second-order valence-corrected chi connectivity index (χ2v) is 6.24. The quantitative estimate of drug-likeness (QED) is 0.468. The van der Waals surface area contributed by atoms with Gasteiger partial charge >= 0.3 is 0 Å². The Kier molecular flexibility index (Phi) is 6.11. The molecule has 138 valence electrons. The molecule has 1 amide bonds. The van der Waals surface area contributed by atoms with Gasteiger partial charge < -0.3 is 4.74 Å². The summed E-state index contributed by atoms with van der Waals surface area (Å²) < 4.78 is 5.59. The minimum Gasteiger partial charge on any atom is -0.493 e. The van der Waals surface area contributed by atoms with Crippen LogP contribution in [-0.4, -0.2) is 28.9 Å². The van der Waals surface area contributed by atoms with Crippen LogP contribution in [0.15, 0.2) is 53.6 Å². The molecule has 0 aliphatic carbocycles. The Labute approximate surface area is 166 Å². The van der Waals surface area contributed by atoms with Crippen LogP contribution in [0.4, 0.5) is 0 Å². The number of hydrogen-bond acceptors (Lipinski definition) is 4. The molecule has 0 atom stereocenters. The molecule has 0 aliphatic rings. The maximum atomic E-state index is 12.3. The molecule has 2 N–H and O–H groups in total. The van der Waals surface area contributed by atoms with Gasteiger partial charge in [0.15, 0.2) is 0 Å². The summed E-state index contributed by atoms with van der Waals surface area (Å²) >= 11 is 12.1. The van der Waals surface area contributed by atoms with Crippen LogP contribution in [0, 0.1) is 0 Å². The molecule has 0 bridgehead atoms. The predicted molar refractivity (Wildman–Crippen MR) is 107 cm³/mol. The van der Waals surface area contributed by atoms with Crippen molar-refractivity contribution < 1.29 is 9.53 Å². The number of carbonyl (C=O) groups is 1. The average molecular weight is 403 g/mol. The van der Waals surface area contributed by atoms with Crippen molar-refractivity contribution in [3.63, 3.8) is 0 Å². The molecule has 2 aromatic carbocycles. The number of hydrazone groups is 1. The minimum absolute atomic E-state index is 0.263. The van der Waals surface area contributed by atoms with Crippen molar-refractivity contribution in [3.8, 4) is 17.0 Å². The van der Waals surface area contributed by atoms with Crippen LogP contribution in [0.25, 0.3) is 11.3 Å². The molecule has 0 aliphatic heterocycles. The zero-order chi connectivity index (χ0) is 19.2. The summed E-state index contributed by atoms with van der Waals surface area (Å²) in [6, 6.07) is 14.2. The maximum absolute atomic E-state index is 12.3. The molecule has 0 fully saturated rings. The SMILES string of the molecule is CCOc1ccccc1-c1cc(C(=O)N/N=C/c2c(Cl)cccc2Cl)[nH]n1. The molecule has 3 rings (SSSR count). The lowest BCUT2D eigenvalue weighted by Gasteiger charge is -2.07. The first-order valence-electron chi connectivity index (χ1n) is 8.15. The van der Waals surface area contributed by atoms with Gasteiger partial charge in [0, 0.05) is 11.1 Å². The highest BCUT2D eigenvalue weighted by molar-refractivity contribution is 6.38. The Balaban J connectivity index is 1.73. The molecule has 8 heteroatoms. The highest BCUT2D eigenvalue weighted by atomic mass is 35.5. The van der Waals surface area contributed by atoms with E-state index in [4.69, 9.17) is 27.9 Å². The number of carbonyl (C=O) groups excluding carboxylic acids is 1. The van der Waals surface area contributed by atoms with E-state index in [1.807, 2.05) is 31.2 Å². The number of rotatable bonds is 6. The van der Waals surface area contributed by atoms with Crippen molar-refractivity contribution in [2.45, 2.75) is 6.92 Å². The van der Waals surface area contributed by atoms with Crippen LogP contribution >= 0.6 is 23.2 Å². The van der Waals surface area contributed by atoms with E-state index in [0.717, 1.165) is 5.56 Å². The summed E-state index contributed by atoms with van der Waals surface area (Å²) in [5.74, 6) is 0.256. The molecule has 1 heterocycles. The molecule has 0 spiro atoms. The average Bonchev–Trinajstić information content (AvgIpc) is 3.15. The number of nitrogens with zero attached hydrogens (tertiary/aromatic N) is 2. The van der Waals surface area contributed by atoms with Crippen LogP contribution in [0.3, 0.4) is 0 Å². The van der Waals surface area contributed by atoms with Gasteiger partial charge in [-0.25, -0.2) is 5.43 Å². The number of aromatic amines is 1. The first-order chi connectivity index (χ1) is 13.1. The fraction of sp³-hybridized carbons (Fsp3) is 0.105. The molecule has 27 heavy (non-hydrogen) atoms. The van der Waals surface area contributed by atoms with E-state index in [2.05, 4.69) is 20.7 Å². The fourth-order valence-electron chi connectivity index (χ4n) is 2.39. The molecular formula is C19H16Cl2N4O2. The Morgan fingerprint density at radius 1 is 1.22 bits per heavy atom. The Morgan fingerprint density at radius 3 is 2.70 bits per heavy atom. The third kappa shape index (κ3) is 4.48. The van der Waals surface area contributed by atoms with Gasteiger partial charge in [0.1, 0.15) is 11.4 Å². The molecule has 0 saturated carbocycles. The van der Waals surface area contributed by atoms with Crippen molar-refractivity contribution in [3.05, 3.63) is 69.8 Å². The van der Waals surface area contributed by atoms with Gasteiger partial charge in [-0.05, 0) is 37.3 Å². The van der Waals surface area contributed by atoms with Gasteiger partial charge in [-0.1, -0.05) is 41.4 Å². The van der Waals surface area contributed by atoms with E-state index < -0.39 is 5.91 Å². The topological polar surface area (TPSA) is 79.4 Å². The zero-order valence-electron chi connectivity index (χ0n) is 14.4. The second kappa shape index (κ2) is 8.70. The molecule has 0 saturated heterocycles. The van der Waals surface area contributed by atoms with Crippen LogP contribution in [0.5, 0.6) is 5.75 Å². The Hall–Kier alpha value is -2.83. The standard InChI is InChI=1S/C19H16Cl2N4O2/c1-2-27-18-9-4-3-6-12(18)16-10-17(24-23-16)19(26)25-22-11-13-14(20)7-5-8-15(13)21/h3-11H,2H2,1H3,(H,23,24)(H,25,26)/b22-11+. The summed E-state index contributed by atoms with van der Waals surface area (Å²) in [6.45, 7) is 2.44. The third-order valence-corrected chi connectivity index (χ3v) is 4.30. The van der Waals surface area contributed by atoms with E-state index in [1.54, 1.807) is 24.3 Å². The fourth-order valence-corrected chi connectivity index (χ4v) is 2.88. The first kappa shape index (κ1) is 18.9. The summed E-state index contributed by atoms with van der Waals surface area (Å²) in [5.41, 5.74) is 4.60. The Morgan fingerprint density at radius 2 is 1.96 bits per heavy atom. The lowest BCUT2D eigenvalue weighted by molar-refractivity contribution is 0.0950. The van der Waals surface area contributed by atoms with Crippen LogP contribution in [-0.2, 0) is 0 Å². The number of hydrogen-bond donors (Lipinski definition) is 2. The summed E-state index contributed by atoms with van der Waals surface area (Å²) in [6.07, 6.45) is 1.39. The molecule has 3 aromatic rings. The molecular weight excluding hydrogens is 387 g/mol. The molecule has 1 aromatic heterocycles. The van der Waals surface area contributed by atoms with Crippen LogP contribution < -0.4 is 10.2 Å². The molecule has 6 nitrogen and oxygen atoms in total. The Bertz CT molecular complexity index is 965. The zero-order valence-corrected chi connectivity index (χ0v) is 15.9. The highest BCUT2D eigenvalue weighted by Gasteiger charge is 2.13. The number of benzene rings is 2. The maximum Gasteiger partial charge on any atom is 0.289 e. The van der Waals surface area contributed by atoms with Gasteiger partial charge in [-0.3, -0.25) is 9.89 Å². The van der Waals surface area contributed by atoms with E-state index in [9.17, 15) is 4.79 Å². The minimum atomic E-state index is -0.443. The predicted octanol–water partition coefficient (Wildman–Crippen LogP) is 4.55. The molecule has 0 radical (unpaired) electrons. The van der Waals surface area contributed by atoms with E-state index in [0.29, 0.717) is 33.7 Å². The number of H-pyrrole nitrogens is 1. The second-order valence-electron chi connectivity index (χ2n) is 5.43. The largest absolute Gasteiger partial charge is 0.493 e. The number of amides is 1. The number of nitrogens with one attached hydrogen (secondary N) is 2. The molecule has 0 unspecified atom stereocenters. The van der Waals surface area contributed by atoms with Crippen molar-refractivity contribution >= 4 is 35.3 Å². The van der Waals surface area contributed by atoms with Crippen molar-refractivity contribution in [1.82, 2.24) is 15.6 Å². The van der Waals surface area contributed by atoms with E-state index in [-0.39, 0.29) is 5.69 Å². The van der Waals surface area contributed by atoms with Crippen LogP contribution in [0.2, 0.25) is 10.0 Å². The highest BCUT2D eigenvalue weighted by Crippen LogP contribution is 2.28. The lowest BCUT2D eigenvalue weighted by Crippen LogP contribution is -2.18.